The van der Waals surface area contributed by atoms with Crippen molar-refractivity contribution >= 4 is 11.6 Å². The van der Waals surface area contributed by atoms with Crippen LogP contribution in [0.15, 0.2) is 12.1 Å². The molecule has 0 saturated carbocycles. The molecule has 3 nitrogen and oxygen atoms in total. The van der Waals surface area contributed by atoms with Crippen LogP contribution in [-0.2, 0) is 0 Å². The average molecular weight is 234 g/mol. The van der Waals surface area contributed by atoms with Gasteiger partial charge in [-0.25, -0.2) is 4.39 Å². The van der Waals surface area contributed by atoms with Gasteiger partial charge in [-0.05, 0) is 24.6 Å². The summed E-state index contributed by atoms with van der Waals surface area (Å²) in [6.07, 6.45) is -2.41. The van der Waals surface area contributed by atoms with Gasteiger partial charge < -0.3 is 15.9 Å². The van der Waals surface area contributed by atoms with E-state index in [9.17, 15) is 14.6 Å². The van der Waals surface area contributed by atoms with Crippen LogP contribution in [0.25, 0.3) is 0 Å². The monoisotopic (exact) mass is 233 g/mol. The Labute approximate surface area is 92.3 Å². The fraction of sp³-hybridized carbons (Fsp3) is 0.400. The van der Waals surface area contributed by atoms with Crippen molar-refractivity contribution in [2.45, 2.75) is 19.1 Å². The molecule has 1 aromatic carbocycles. The molecule has 0 radical (unpaired) electrons. The first kappa shape index (κ1) is 12.4. The number of rotatable bonds is 3. The van der Waals surface area contributed by atoms with E-state index >= 15 is 0 Å². The zero-order chi connectivity index (χ0) is 11.6. The molecule has 0 saturated heterocycles. The van der Waals surface area contributed by atoms with E-state index in [-0.39, 0.29) is 17.1 Å². The summed E-state index contributed by atoms with van der Waals surface area (Å²) in [4.78, 5) is 0. The lowest BCUT2D eigenvalue weighted by atomic mass is 10.0. The molecule has 0 aliphatic heterocycles. The van der Waals surface area contributed by atoms with E-state index < -0.39 is 18.0 Å². The van der Waals surface area contributed by atoms with E-state index in [0.717, 1.165) is 6.07 Å². The molecule has 4 N–H and O–H groups in total. The highest BCUT2D eigenvalue weighted by Crippen LogP contribution is 2.27. The predicted octanol–water partition coefficient (Wildman–Crippen LogP) is 1.14. The maximum Gasteiger partial charge on any atom is 0.126 e. The van der Waals surface area contributed by atoms with Gasteiger partial charge in [0.2, 0.25) is 0 Å². The van der Waals surface area contributed by atoms with Crippen molar-refractivity contribution in [1.29, 1.82) is 0 Å². The molecule has 0 heterocycles. The molecule has 0 fully saturated rings. The van der Waals surface area contributed by atoms with Crippen molar-refractivity contribution in [1.82, 2.24) is 0 Å². The van der Waals surface area contributed by atoms with Gasteiger partial charge in [0.15, 0.2) is 0 Å². The van der Waals surface area contributed by atoms with Crippen molar-refractivity contribution in [2.75, 3.05) is 6.54 Å². The Morgan fingerprint density at radius 3 is 2.60 bits per heavy atom. The minimum absolute atomic E-state index is 0.118. The van der Waals surface area contributed by atoms with Crippen molar-refractivity contribution in [3.63, 3.8) is 0 Å². The van der Waals surface area contributed by atoms with Crippen LogP contribution in [-0.4, -0.2) is 22.9 Å². The molecule has 0 spiro atoms. The first-order valence-electron chi connectivity index (χ1n) is 4.49. The highest BCUT2D eigenvalue weighted by molar-refractivity contribution is 6.31. The number of nitrogens with two attached hydrogens (primary N) is 1. The number of aliphatic hydroxyl groups excluding tert-OH is 2. The molecule has 15 heavy (non-hydrogen) atoms. The molecule has 2 unspecified atom stereocenters. The summed E-state index contributed by atoms with van der Waals surface area (Å²) in [5.74, 6) is -0.474. The standard InChI is InChI=1S/C10H13ClFNO2/c1-5-2-7(11)6(3-8(5)12)10(15)9(14)4-13/h2-3,9-10,14-15H,4,13H2,1H3. The van der Waals surface area contributed by atoms with E-state index in [1.807, 2.05) is 0 Å². The van der Waals surface area contributed by atoms with Crippen LogP contribution in [0.3, 0.4) is 0 Å². The lowest BCUT2D eigenvalue weighted by molar-refractivity contribution is 0.0242. The Bertz CT molecular complexity index is 360. The number of hydrogen-bond acceptors (Lipinski definition) is 3. The Hall–Kier alpha value is -0.680. The maximum absolute atomic E-state index is 13.2. The second-order valence-electron chi connectivity index (χ2n) is 3.37. The van der Waals surface area contributed by atoms with E-state index in [4.69, 9.17) is 17.3 Å². The molecular weight excluding hydrogens is 221 g/mol. The normalized spacial score (nSPS) is 15.1. The summed E-state index contributed by atoms with van der Waals surface area (Å²) in [5.41, 5.74) is 5.72. The van der Waals surface area contributed by atoms with E-state index in [0.29, 0.717) is 5.56 Å². The smallest absolute Gasteiger partial charge is 0.126 e. The number of halogens is 2. The minimum atomic E-state index is -1.27. The maximum atomic E-state index is 13.2. The predicted molar refractivity (Wildman–Crippen MR) is 56.2 cm³/mol. The number of hydrogen-bond donors (Lipinski definition) is 3. The summed E-state index contributed by atoms with van der Waals surface area (Å²) >= 11 is 5.82. The van der Waals surface area contributed by atoms with Crippen LogP contribution in [0.4, 0.5) is 4.39 Å². The highest BCUT2D eigenvalue weighted by atomic mass is 35.5. The third-order valence-corrected chi connectivity index (χ3v) is 2.53. The van der Waals surface area contributed by atoms with Crippen LogP contribution in [0.1, 0.15) is 17.2 Å². The summed E-state index contributed by atoms with van der Waals surface area (Å²) in [7, 11) is 0. The second-order valence-corrected chi connectivity index (χ2v) is 3.78. The number of benzene rings is 1. The zero-order valence-corrected chi connectivity index (χ0v) is 9.00. The summed E-state index contributed by atoms with van der Waals surface area (Å²) in [5, 5.41) is 19.1. The zero-order valence-electron chi connectivity index (χ0n) is 8.24. The quantitative estimate of drug-likeness (QED) is 0.734. The van der Waals surface area contributed by atoms with Gasteiger partial charge in [-0.2, -0.15) is 0 Å². The van der Waals surface area contributed by atoms with Crippen molar-refractivity contribution < 1.29 is 14.6 Å². The minimum Gasteiger partial charge on any atom is -0.389 e. The number of aliphatic hydroxyl groups is 2. The van der Waals surface area contributed by atoms with Gasteiger partial charge in [0.25, 0.3) is 0 Å². The van der Waals surface area contributed by atoms with Crippen LogP contribution in [0.5, 0.6) is 0 Å². The van der Waals surface area contributed by atoms with Gasteiger partial charge in [-0.1, -0.05) is 11.6 Å². The summed E-state index contributed by atoms with van der Waals surface area (Å²) in [6.45, 7) is 1.45. The largest absolute Gasteiger partial charge is 0.389 e. The van der Waals surface area contributed by atoms with Crippen molar-refractivity contribution in [3.05, 3.63) is 34.1 Å². The molecule has 5 heteroatoms. The Kier molecular flexibility index (Phi) is 4.04. The van der Waals surface area contributed by atoms with Crippen LogP contribution < -0.4 is 5.73 Å². The lowest BCUT2D eigenvalue weighted by Gasteiger charge is -2.18. The molecule has 2 atom stereocenters. The lowest BCUT2D eigenvalue weighted by Crippen LogP contribution is -2.27. The van der Waals surface area contributed by atoms with Gasteiger partial charge in [0.05, 0.1) is 6.10 Å². The molecule has 0 amide bonds. The molecular formula is C10H13ClFNO2. The van der Waals surface area contributed by atoms with Crippen molar-refractivity contribution in [2.24, 2.45) is 5.73 Å². The van der Waals surface area contributed by atoms with Crippen molar-refractivity contribution in [3.8, 4) is 0 Å². The van der Waals surface area contributed by atoms with E-state index in [2.05, 4.69) is 0 Å². The SMILES string of the molecule is Cc1cc(Cl)c(C(O)C(O)CN)cc1F. The van der Waals surface area contributed by atoms with Gasteiger partial charge in [-0.15, -0.1) is 0 Å². The fourth-order valence-electron chi connectivity index (χ4n) is 1.22. The highest BCUT2D eigenvalue weighted by Gasteiger charge is 2.20. The summed E-state index contributed by atoms with van der Waals surface area (Å²) in [6, 6.07) is 2.51. The molecule has 0 bridgehead atoms. The first-order valence-corrected chi connectivity index (χ1v) is 4.87. The van der Waals surface area contributed by atoms with Gasteiger partial charge >= 0.3 is 0 Å². The molecule has 1 aromatic rings. The van der Waals surface area contributed by atoms with Gasteiger partial charge in [0, 0.05) is 17.1 Å². The third-order valence-electron chi connectivity index (χ3n) is 2.20. The molecule has 0 aliphatic rings. The Morgan fingerprint density at radius 1 is 1.47 bits per heavy atom. The van der Waals surface area contributed by atoms with Crippen LogP contribution >= 0.6 is 11.6 Å². The third kappa shape index (κ3) is 2.66. The summed E-state index contributed by atoms with van der Waals surface area (Å²) < 4.78 is 13.2. The van der Waals surface area contributed by atoms with Gasteiger partial charge in [-0.3, -0.25) is 0 Å². The Morgan fingerprint density at radius 2 is 2.07 bits per heavy atom. The van der Waals surface area contributed by atoms with E-state index in [1.165, 1.54) is 6.07 Å². The van der Waals surface area contributed by atoms with Crippen LogP contribution in [0.2, 0.25) is 5.02 Å². The molecule has 1 rings (SSSR count). The second kappa shape index (κ2) is 4.90. The average Bonchev–Trinajstić information content (AvgIpc) is 2.21. The van der Waals surface area contributed by atoms with Crippen LogP contribution in [0, 0.1) is 12.7 Å². The Balaban J connectivity index is 3.09. The first-order chi connectivity index (χ1) is 6.97. The topological polar surface area (TPSA) is 66.5 Å². The van der Waals surface area contributed by atoms with E-state index in [1.54, 1.807) is 6.92 Å². The molecule has 0 aliphatic carbocycles. The number of aryl methyl sites for hydroxylation is 1. The molecule has 84 valence electrons. The fourth-order valence-corrected chi connectivity index (χ4v) is 1.55. The van der Waals surface area contributed by atoms with Gasteiger partial charge in [0.1, 0.15) is 11.9 Å². The molecule has 0 aromatic heterocycles.